The van der Waals surface area contributed by atoms with Crippen LogP contribution < -0.4 is 29.3 Å². The molecule has 246 valence electrons. The third kappa shape index (κ3) is 10.9. The fourth-order valence-electron chi connectivity index (χ4n) is 5.70. The molecule has 1 aliphatic rings. The molecule has 0 unspecified atom stereocenters. The molecule has 0 bridgehead atoms. The van der Waals surface area contributed by atoms with Crippen molar-refractivity contribution >= 4 is 29.7 Å². The summed E-state index contributed by atoms with van der Waals surface area (Å²) in [4.78, 5) is 39.8. The molecule has 1 atom stereocenters. The maximum atomic E-state index is 13.5. The van der Waals surface area contributed by atoms with Crippen LogP contribution in [0.25, 0.3) is 11.1 Å². The van der Waals surface area contributed by atoms with Crippen molar-refractivity contribution in [3.63, 3.8) is 0 Å². The summed E-state index contributed by atoms with van der Waals surface area (Å²) in [5, 5.41) is 14.4. The van der Waals surface area contributed by atoms with E-state index in [1.807, 2.05) is 88.5 Å². The first kappa shape index (κ1) is 38.2. The van der Waals surface area contributed by atoms with E-state index < -0.39 is 29.1 Å². The second-order valence-corrected chi connectivity index (χ2v) is 13.9. The molecule has 4 rings (SSSR count). The molecule has 47 heavy (non-hydrogen) atoms. The Kier molecular flexibility index (Phi) is 14.0. The fourth-order valence-corrected chi connectivity index (χ4v) is 6.17. The predicted octanol–water partition coefficient (Wildman–Crippen LogP) is 2.80. The average molecular weight is 653 g/mol. The zero-order chi connectivity index (χ0) is 33.3. The SMILES string of the molecule is CSCC[C@H](NC(=O)c1ccc(COC2(Cc3ccccc3)CCN(C(=O)OC(C)(C)C)CC2)cc1-c1ccccc1C)C(=O)[O-].[Li+]. The van der Waals surface area contributed by atoms with Crippen molar-refractivity contribution in [1.29, 1.82) is 0 Å². The number of nitrogens with one attached hydrogen (secondary N) is 1. The van der Waals surface area contributed by atoms with Gasteiger partial charge in [-0.05, 0) is 98.9 Å². The van der Waals surface area contributed by atoms with Crippen molar-refractivity contribution in [3.8, 4) is 11.1 Å². The molecule has 0 radical (unpaired) electrons. The van der Waals surface area contributed by atoms with E-state index in [1.165, 1.54) is 11.8 Å². The number of likely N-dealkylation sites (tertiary alicyclic amines) is 1. The van der Waals surface area contributed by atoms with Crippen molar-refractivity contribution < 1.29 is 47.8 Å². The van der Waals surface area contributed by atoms with E-state index in [2.05, 4.69) is 17.4 Å². The Balaban J connectivity index is 0.00000600. The van der Waals surface area contributed by atoms with Crippen LogP contribution in [0.3, 0.4) is 0 Å². The van der Waals surface area contributed by atoms with Gasteiger partial charge in [0.25, 0.3) is 5.91 Å². The summed E-state index contributed by atoms with van der Waals surface area (Å²) in [6.45, 7) is 8.92. The summed E-state index contributed by atoms with van der Waals surface area (Å²) >= 11 is 1.51. The van der Waals surface area contributed by atoms with Gasteiger partial charge in [-0.1, -0.05) is 60.7 Å². The fraction of sp³-hybridized carbons (Fsp3) is 0.432. The standard InChI is InChI=1S/C37H46N2O6S.Li/c1-26-11-9-10-14-29(26)31-23-28(15-16-30(31)33(40)38-32(34(41)42)17-22-46-5)25-44-37(24-27-12-7-6-8-13-27)18-20-39(21-19-37)35(43)45-36(2,3)4;/h6-16,23,32H,17-22,24-25H2,1-5H3,(H,38,40)(H,41,42);/q;+1/p-1/t32-;/m0./s1. The number of carboxylic acids is 1. The molecule has 2 amide bonds. The van der Waals surface area contributed by atoms with Crippen molar-refractivity contribution in [2.24, 2.45) is 0 Å². The van der Waals surface area contributed by atoms with Gasteiger partial charge in [-0.15, -0.1) is 0 Å². The van der Waals surface area contributed by atoms with Gasteiger partial charge >= 0.3 is 25.0 Å². The number of rotatable bonds is 12. The molecule has 8 nitrogen and oxygen atoms in total. The summed E-state index contributed by atoms with van der Waals surface area (Å²) in [5.41, 5.74) is 3.94. The zero-order valence-corrected chi connectivity index (χ0v) is 29.3. The number of hydrogen-bond acceptors (Lipinski definition) is 7. The molecule has 0 aromatic heterocycles. The number of thioether (sulfide) groups is 1. The monoisotopic (exact) mass is 652 g/mol. The molecule has 3 aromatic carbocycles. The molecule has 0 aliphatic carbocycles. The summed E-state index contributed by atoms with van der Waals surface area (Å²) in [7, 11) is 0. The van der Waals surface area contributed by atoms with Gasteiger partial charge in [0.1, 0.15) is 5.60 Å². The number of carboxylic acid groups (broad SMARTS) is 1. The van der Waals surface area contributed by atoms with Crippen LogP contribution in [0.2, 0.25) is 0 Å². The molecule has 0 saturated carbocycles. The summed E-state index contributed by atoms with van der Waals surface area (Å²) in [6, 6.07) is 22.5. The van der Waals surface area contributed by atoms with Crippen LogP contribution in [0.4, 0.5) is 4.79 Å². The van der Waals surface area contributed by atoms with E-state index in [1.54, 1.807) is 11.0 Å². The molecule has 1 saturated heterocycles. The number of carbonyl (C=O) groups excluding carboxylic acids is 3. The van der Waals surface area contributed by atoms with E-state index >= 15 is 0 Å². The molecular weight excluding hydrogens is 607 g/mol. The topological polar surface area (TPSA) is 108 Å². The Morgan fingerprint density at radius 1 is 0.957 bits per heavy atom. The zero-order valence-electron chi connectivity index (χ0n) is 28.5. The third-order valence-corrected chi connectivity index (χ3v) is 8.85. The van der Waals surface area contributed by atoms with E-state index in [0.29, 0.717) is 55.8 Å². The molecule has 1 aliphatic heterocycles. The number of aryl methyl sites for hydroxylation is 1. The van der Waals surface area contributed by atoms with Crippen molar-refractivity contribution in [2.45, 2.75) is 77.2 Å². The Labute approximate surface area is 295 Å². The van der Waals surface area contributed by atoms with Gasteiger partial charge in [0, 0.05) is 25.1 Å². The van der Waals surface area contributed by atoms with Crippen molar-refractivity contribution in [1.82, 2.24) is 10.2 Å². The van der Waals surface area contributed by atoms with Crippen LogP contribution in [0.5, 0.6) is 0 Å². The van der Waals surface area contributed by atoms with Crippen molar-refractivity contribution in [3.05, 3.63) is 95.1 Å². The smallest absolute Gasteiger partial charge is 0.548 e. The van der Waals surface area contributed by atoms with Gasteiger partial charge in [-0.3, -0.25) is 4.79 Å². The minimum atomic E-state index is -1.30. The molecular formula is C37H45LiN2O6S. The minimum absolute atomic E-state index is 0. The van der Waals surface area contributed by atoms with Gasteiger partial charge in [0.15, 0.2) is 0 Å². The van der Waals surface area contributed by atoms with E-state index in [-0.39, 0.29) is 31.4 Å². The number of ether oxygens (including phenoxy) is 2. The van der Waals surface area contributed by atoms with Crippen LogP contribution >= 0.6 is 11.8 Å². The Bertz CT molecular complexity index is 1500. The third-order valence-electron chi connectivity index (χ3n) is 8.20. The van der Waals surface area contributed by atoms with Crippen LogP contribution in [-0.4, -0.2) is 65.2 Å². The Morgan fingerprint density at radius 3 is 2.23 bits per heavy atom. The summed E-state index contributed by atoms with van der Waals surface area (Å²) < 4.78 is 12.4. The second-order valence-electron chi connectivity index (χ2n) is 12.9. The van der Waals surface area contributed by atoms with Crippen LogP contribution in [0.1, 0.15) is 67.1 Å². The molecule has 1 fully saturated rings. The van der Waals surface area contributed by atoms with E-state index in [4.69, 9.17) is 9.47 Å². The number of hydrogen-bond donors (Lipinski definition) is 1. The maximum absolute atomic E-state index is 13.5. The largest absolute Gasteiger partial charge is 1.00 e. The number of amides is 2. The van der Waals surface area contributed by atoms with Crippen molar-refractivity contribution in [2.75, 3.05) is 25.1 Å². The quantitative estimate of drug-likeness (QED) is 0.300. The normalized spacial score (nSPS) is 14.9. The average Bonchev–Trinajstić information content (AvgIpc) is 3.02. The van der Waals surface area contributed by atoms with Gasteiger partial charge < -0.3 is 29.6 Å². The summed E-state index contributed by atoms with van der Waals surface area (Å²) in [5.74, 6) is -1.18. The van der Waals surface area contributed by atoms with Gasteiger partial charge in [-0.25, -0.2) is 4.79 Å². The van der Waals surface area contributed by atoms with E-state index in [0.717, 1.165) is 22.3 Å². The predicted molar refractivity (Wildman–Crippen MR) is 181 cm³/mol. The van der Waals surface area contributed by atoms with Gasteiger partial charge in [-0.2, -0.15) is 11.8 Å². The molecule has 1 N–H and O–H groups in total. The van der Waals surface area contributed by atoms with Gasteiger partial charge in [0.2, 0.25) is 0 Å². The van der Waals surface area contributed by atoms with Crippen LogP contribution in [0, 0.1) is 6.92 Å². The number of piperidine rings is 1. The van der Waals surface area contributed by atoms with Gasteiger partial charge in [0.05, 0.1) is 24.2 Å². The molecule has 1 heterocycles. The second kappa shape index (κ2) is 17.3. The first-order valence-electron chi connectivity index (χ1n) is 15.7. The molecule has 3 aromatic rings. The molecule has 10 heteroatoms. The minimum Gasteiger partial charge on any atom is -0.548 e. The molecule has 0 spiro atoms. The number of benzene rings is 3. The first-order chi connectivity index (χ1) is 21.9. The number of aliphatic carboxylic acids is 1. The number of nitrogens with zero attached hydrogens (tertiary/aromatic N) is 1. The number of carbonyl (C=O) groups is 3. The maximum Gasteiger partial charge on any atom is 1.00 e. The van der Waals surface area contributed by atoms with E-state index in [9.17, 15) is 19.5 Å². The Hall–Kier alpha value is -3.22. The first-order valence-corrected chi connectivity index (χ1v) is 17.1. The van der Waals surface area contributed by atoms with Crippen LogP contribution in [-0.2, 0) is 27.3 Å². The Morgan fingerprint density at radius 2 is 1.62 bits per heavy atom. The summed E-state index contributed by atoms with van der Waals surface area (Å²) in [6.07, 6.45) is 3.84. The van der Waals surface area contributed by atoms with Crippen LogP contribution in [0.15, 0.2) is 72.8 Å².